The summed E-state index contributed by atoms with van der Waals surface area (Å²) in [5.74, 6) is 0.0922. The fourth-order valence-electron chi connectivity index (χ4n) is 2.32. The Kier molecular flexibility index (Phi) is 5.06. The van der Waals surface area contributed by atoms with E-state index < -0.39 is 24.3 Å². The van der Waals surface area contributed by atoms with E-state index in [-0.39, 0.29) is 0 Å². The topological polar surface area (TPSA) is 54.0 Å². The molecule has 1 aromatic rings. The second-order valence-electron chi connectivity index (χ2n) is 6.50. The van der Waals surface area contributed by atoms with Gasteiger partial charge in [-0.05, 0) is 59.1 Å². The first kappa shape index (κ1) is 17.8. The lowest BCUT2D eigenvalue weighted by atomic mass is 9.78. The summed E-state index contributed by atoms with van der Waals surface area (Å²) < 4.78 is 22.7. The van der Waals surface area contributed by atoms with E-state index in [2.05, 4.69) is 0 Å². The molecule has 0 aliphatic carbocycles. The molecule has 0 spiro atoms. The maximum atomic E-state index is 12.0. The van der Waals surface area contributed by atoms with Crippen molar-refractivity contribution in [3.63, 3.8) is 0 Å². The standard InChI is InChI=1S/C17H25BO5/c1-7-20-14-11-12(9-10-13(14)15(19)21-8-2)18-22-16(3,4)17(5,6)23-18/h9-11H,7-8H2,1-6H3. The van der Waals surface area contributed by atoms with E-state index in [1.807, 2.05) is 40.7 Å². The predicted molar refractivity (Wildman–Crippen MR) is 89.3 cm³/mol. The Bertz CT molecular complexity index is 566. The van der Waals surface area contributed by atoms with E-state index in [1.165, 1.54) is 0 Å². The van der Waals surface area contributed by atoms with Crippen molar-refractivity contribution >= 4 is 18.6 Å². The number of hydrogen-bond acceptors (Lipinski definition) is 5. The molecule has 0 saturated carbocycles. The zero-order valence-electron chi connectivity index (χ0n) is 14.8. The zero-order valence-corrected chi connectivity index (χ0v) is 14.8. The molecule has 0 unspecified atom stereocenters. The quantitative estimate of drug-likeness (QED) is 0.616. The summed E-state index contributed by atoms with van der Waals surface area (Å²) in [5, 5.41) is 0. The summed E-state index contributed by atoms with van der Waals surface area (Å²) in [7, 11) is -0.490. The molecule has 0 N–H and O–H groups in total. The van der Waals surface area contributed by atoms with E-state index in [9.17, 15) is 4.79 Å². The van der Waals surface area contributed by atoms with Gasteiger partial charge in [-0.1, -0.05) is 6.07 Å². The van der Waals surface area contributed by atoms with Crippen LogP contribution in [0.5, 0.6) is 5.75 Å². The summed E-state index contributed by atoms with van der Waals surface area (Å²) >= 11 is 0. The van der Waals surface area contributed by atoms with Gasteiger partial charge in [-0.3, -0.25) is 0 Å². The molecule has 2 rings (SSSR count). The van der Waals surface area contributed by atoms with Crippen LogP contribution < -0.4 is 10.2 Å². The molecular formula is C17H25BO5. The molecule has 1 aromatic carbocycles. The highest BCUT2D eigenvalue weighted by Gasteiger charge is 2.51. The van der Waals surface area contributed by atoms with Crippen molar-refractivity contribution in [2.45, 2.75) is 52.7 Å². The van der Waals surface area contributed by atoms with Gasteiger partial charge < -0.3 is 18.8 Å². The zero-order chi connectivity index (χ0) is 17.3. The SMILES string of the molecule is CCOC(=O)c1ccc(B2OC(C)(C)C(C)(C)O2)cc1OCC. The van der Waals surface area contributed by atoms with Crippen molar-refractivity contribution in [1.29, 1.82) is 0 Å². The molecule has 0 aromatic heterocycles. The first-order valence-electron chi connectivity index (χ1n) is 8.01. The van der Waals surface area contributed by atoms with Crippen LogP contribution in [0.2, 0.25) is 0 Å². The molecule has 126 valence electrons. The molecule has 0 atom stereocenters. The van der Waals surface area contributed by atoms with Crippen molar-refractivity contribution < 1.29 is 23.6 Å². The number of carbonyl (C=O) groups is 1. The van der Waals surface area contributed by atoms with Crippen molar-refractivity contribution in [2.75, 3.05) is 13.2 Å². The van der Waals surface area contributed by atoms with E-state index in [4.69, 9.17) is 18.8 Å². The van der Waals surface area contributed by atoms with Crippen LogP contribution in [0.15, 0.2) is 18.2 Å². The molecule has 1 fully saturated rings. The fraction of sp³-hybridized carbons (Fsp3) is 0.588. The fourth-order valence-corrected chi connectivity index (χ4v) is 2.32. The minimum atomic E-state index is -0.490. The minimum Gasteiger partial charge on any atom is -0.493 e. The predicted octanol–water partition coefficient (Wildman–Crippen LogP) is 2.56. The third kappa shape index (κ3) is 3.53. The molecule has 1 heterocycles. The van der Waals surface area contributed by atoms with E-state index >= 15 is 0 Å². The molecule has 6 heteroatoms. The van der Waals surface area contributed by atoms with Gasteiger partial charge in [-0.25, -0.2) is 4.79 Å². The summed E-state index contributed by atoms with van der Waals surface area (Å²) in [6.07, 6.45) is 0. The van der Waals surface area contributed by atoms with Gasteiger partial charge in [0.05, 0.1) is 24.4 Å². The number of benzene rings is 1. The largest absolute Gasteiger partial charge is 0.494 e. The van der Waals surface area contributed by atoms with Gasteiger partial charge in [-0.15, -0.1) is 0 Å². The average molecular weight is 320 g/mol. The maximum absolute atomic E-state index is 12.0. The van der Waals surface area contributed by atoms with Gasteiger partial charge in [0.25, 0.3) is 0 Å². The van der Waals surface area contributed by atoms with Crippen LogP contribution in [0.1, 0.15) is 51.9 Å². The molecular weight excluding hydrogens is 295 g/mol. The van der Waals surface area contributed by atoms with Crippen molar-refractivity contribution in [2.24, 2.45) is 0 Å². The highest BCUT2D eigenvalue weighted by Crippen LogP contribution is 2.36. The molecule has 5 nitrogen and oxygen atoms in total. The number of esters is 1. The first-order valence-corrected chi connectivity index (χ1v) is 8.01. The third-order valence-electron chi connectivity index (χ3n) is 4.33. The molecule has 0 radical (unpaired) electrons. The van der Waals surface area contributed by atoms with Gasteiger partial charge in [0, 0.05) is 0 Å². The van der Waals surface area contributed by atoms with Crippen LogP contribution in [0.25, 0.3) is 0 Å². The van der Waals surface area contributed by atoms with Gasteiger partial charge in [0.15, 0.2) is 0 Å². The molecule has 1 aliphatic heterocycles. The van der Waals surface area contributed by atoms with Gasteiger partial charge >= 0.3 is 13.1 Å². The summed E-state index contributed by atoms with van der Waals surface area (Å²) in [6.45, 7) is 12.4. The third-order valence-corrected chi connectivity index (χ3v) is 4.33. The van der Waals surface area contributed by atoms with Gasteiger partial charge in [0.1, 0.15) is 11.3 Å². The smallest absolute Gasteiger partial charge is 0.493 e. The molecule has 23 heavy (non-hydrogen) atoms. The van der Waals surface area contributed by atoms with Crippen LogP contribution in [-0.2, 0) is 14.0 Å². The van der Waals surface area contributed by atoms with Crippen LogP contribution in [0, 0.1) is 0 Å². The summed E-state index contributed by atoms with van der Waals surface area (Å²) in [5.41, 5.74) is 0.404. The Hall–Kier alpha value is -1.53. The van der Waals surface area contributed by atoms with Crippen LogP contribution in [0.3, 0.4) is 0 Å². The van der Waals surface area contributed by atoms with Crippen LogP contribution >= 0.6 is 0 Å². The summed E-state index contributed by atoms with van der Waals surface area (Å²) in [6, 6.07) is 5.30. The average Bonchev–Trinajstić information content (AvgIpc) is 2.68. The van der Waals surface area contributed by atoms with E-state index in [0.29, 0.717) is 24.5 Å². The second-order valence-corrected chi connectivity index (χ2v) is 6.50. The number of hydrogen-bond donors (Lipinski definition) is 0. The maximum Gasteiger partial charge on any atom is 0.494 e. The highest BCUT2D eigenvalue weighted by molar-refractivity contribution is 6.62. The first-order chi connectivity index (χ1) is 10.7. The Morgan fingerprint density at radius 3 is 2.22 bits per heavy atom. The minimum absolute atomic E-state index is 0.323. The van der Waals surface area contributed by atoms with E-state index in [1.54, 1.807) is 19.1 Å². The monoisotopic (exact) mass is 320 g/mol. The Labute approximate surface area is 138 Å². The van der Waals surface area contributed by atoms with E-state index in [0.717, 1.165) is 5.46 Å². The lowest BCUT2D eigenvalue weighted by Gasteiger charge is -2.32. The van der Waals surface area contributed by atoms with Crippen LogP contribution in [-0.4, -0.2) is 37.5 Å². The van der Waals surface area contributed by atoms with Crippen molar-refractivity contribution in [3.8, 4) is 5.75 Å². The van der Waals surface area contributed by atoms with Crippen molar-refractivity contribution in [1.82, 2.24) is 0 Å². The number of carbonyl (C=O) groups excluding carboxylic acids is 1. The highest BCUT2D eigenvalue weighted by atomic mass is 16.7. The number of ether oxygens (including phenoxy) is 2. The molecule has 0 amide bonds. The summed E-state index contributed by atoms with van der Waals surface area (Å²) in [4.78, 5) is 12.0. The van der Waals surface area contributed by atoms with Crippen LogP contribution in [0.4, 0.5) is 0 Å². The molecule has 1 aliphatic rings. The molecule has 1 saturated heterocycles. The van der Waals surface area contributed by atoms with Gasteiger partial charge in [0.2, 0.25) is 0 Å². The Morgan fingerprint density at radius 1 is 1.09 bits per heavy atom. The van der Waals surface area contributed by atoms with Gasteiger partial charge in [-0.2, -0.15) is 0 Å². The normalized spacial score (nSPS) is 18.8. The lowest BCUT2D eigenvalue weighted by Crippen LogP contribution is -2.41. The Morgan fingerprint density at radius 2 is 1.70 bits per heavy atom. The lowest BCUT2D eigenvalue weighted by molar-refractivity contribution is 0.00578. The Balaban J connectivity index is 2.32. The molecule has 0 bridgehead atoms. The number of rotatable bonds is 5. The second kappa shape index (κ2) is 6.53. The van der Waals surface area contributed by atoms with Crippen molar-refractivity contribution in [3.05, 3.63) is 23.8 Å².